The van der Waals surface area contributed by atoms with E-state index in [0.717, 1.165) is 28.3 Å². The molecule has 1 aromatic heterocycles. The van der Waals surface area contributed by atoms with Crippen molar-refractivity contribution < 1.29 is 14.0 Å². The van der Waals surface area contributed by atoms with E-state index in [1.54, 1.807) is 25.6 Å². The van der Waals surface area contributed by atoms with Crippen LogP contribution >= 0.6 is 0 Å². The van der Waals surface area contributed by atoms with Crippen molar-refractivity contribution in [2.75, 3.05) is 14.2 Å². The lowest BCUT2D eigenvalue weighted by Crippen LogP contribution is -2.20. The second-order valence-electron chi connectivity index (χ2n) is 6.73. The molecule has 0 fully saturated rings. The molecule has 7 heteroatoms. The predicted molar refractivity (Wildman–Crippen MR) is 116 cm³/mol. The van der Waals surface area contributed by atoms with Crippen LogP contribution in [0.3, 0.4) is 0 Å². The molecule has 0 aliphatic carbocycles. The van der Waals surface area contributed by atoms with E-state index in [1.165, 1.54) is 19.2 Å². The van der Waals surface area contributed by atoms with Crippen molar-refractivity contribution in [1.29, 1.82) is 0 Å². The number of ether oxygens (including phenoxy) is 1. The normalized spacial score (nSPS) is 12.9. The van der Waals surface area contributed by atoms with Crippen LogP contribution in [0.5, 0.6) is 5.75 Å². The van der Waals surface area contributed by atoms with Crippen LogP contribution in [0.4, 0.5) is 4.39 Å². The van der Waals surface area contributed by atoms with Gasteiger partial charge < -0.3 is 9.30 Å². The standard InChI is InChI=1S/C23H25FN4O2/c1-16-14-28(15-25-16)21-11-5-18(13-22(21)29-3)6-12-23(27-30-4)26-17(2)19-7-9-20(24)10-8-19/h5-15,17H,1-4H3,(H,26,27)/b12-6+. The number of imidazole rings is 1. The molecule has 0 aliphatic rings. The van der Waals surface area contributed by atoms with E-state index >= 15 is 0 Å². The first kappa shape index (κ1) is 21.3. The molecule has 2 aromatic carbocycles. The first-order valence-electron chi connectivity index (χ1n) is 9.49. The van der Waals surface area contributed by atoms with Gasteiger partial charge in [0.05, 0.1) is 38.0 Å². The highest BCUT2D eigenvalue weighted by molar-refractivity contribution is 5.96. The van der Waals surface area contributed by atoms with Crippen LogP contribution in [0.2, 0.25) is 0 Å². The summed E-state index contributed by atoms with van der Waals surface area (Å²) in [7, 11) is 3.16. The van der Waals surface area contributed by atoms with Crippen molar-refractivity contribution in [2.45, 2.75) is 19.9 Å². The van der Waals surface area contributed by atoms with Gasteiger partial charge in [0.1, 0.15) is 17.4 Å². The van der Waals surface area contributed by atoms with Gasteiger partial charge in [0, 0.05) is 6.20 Å². The maximum Gasteiger partial charge on any atom is 0.145 e. The molecule has 156 valence electrons. The maximum atomic E-state index is 13.1. The lowest BCUT2D eigenvalue weighted by atomic mass is 10.1. The Bertz CT molecular complexity index is 1040. The van der Waals surface area contributed by atoms with Crippen LogP contribution in [-0.4, -0.2) is 29.6 Å². The zero-order valence-electron chi connectivity index (χ0n) is 17.5. The fourth-order valence-electron chi connectivity index (χ4n) is 2.97. The van der Waals surface area contributed by atoms with Gasteiger partial charge in [-0.1, -0.05) is 24.3 Å². The third-order valence-electron chi connectivity index (χ3n) is 4.52. The molecule has 30 heavy (non-hydrogen) atoms. The van der Waals surface area contributed by atoms with Gasteiger partial charge >= 0.3 is 0 Å². The van der Waals surface area contributed by atoms with Gasteiger partial charge in [0.25, 0.3) is 0 Å². The Kier molecular flexibility index (Phi) is 6.98. The molecule has 0 saturated heterocycles. The lowest BCUT2D eigenvalue weighted by molar-refractivity contribution is 0.145. The van der Waals surface area contributed by atoms with Crippen molar-refractivity contribution in [2.24, 2.45) is 4.99 Å². The molecular formula is C23H25FN4O2. The van der Waals surface area contributed by atoms with Crippen molar-refractivity contribution in [3.05, 3.63) is 83.7 Å². The number of hydrogen-bond acceptors (Lipinski definition) is 4. The van der Waals surface area contributed by atoms with Crippen LogP contribution in [0, 0.1) is 12.7 Å². The Labute approximate surface area is 175 Å². The van der Waals surface area contributed by atoms with E-state index in [4.69, 9.17) is 9.57 Å². The number of aromatic nitrogens is 2. The third-order valence-corrected chi connectivity index (χ3v) is 4.52. The lowest BCUT2D eigenvalue weighted by Gasteiger charge is -2.11. The molecule has 1 atom stereocenters. The fraction of sp³-hybridized carbons (Fsp3) is 0.217. The van der Waals surface area contributed by atoms with Gasteiger partial charge in [-0.15, -0.1) is 0 Å². The molecule has 1 unspecified atom stereocenters. The number of rotatable bonds is 7. The molecule has 0 amide bonds. The highest BCUT2D eigenvalue weighted by Crippen LogP contribution is 2.25. The third kappa shape index (κ3) is 5.33. The number of aryl methyl sites for hydroxylation is 1. The smallest absolute Gasteiger partial charge is 0.145 e. The topological polar surface area (TPSA) is 60.7 Å². The maximum absolute atomic E-state index is 13.1. The van der Waals surface area contributed by atoms with Gasteiger partial charge in [0.2, 0.25) is 0 Å². The average Bonchev–Trinajstić information content (AvgIpc) is 3.18. The molecule has 6 nitrogen and oxygen atoms in total. The first-order valence-corrected chi connectivity index (χ1v) is 9.49. The number of amidine groups is 1. The number of nitrogens with one attached hydrogen (secondary N) is 1. The zero-order chi connectivity index (χ0) is 21.5. The molecular weight excluding hydrogens is 383 g/mol. The first-order chi connectivity index (χ1) is 14.5. The van der Waals surface area contributed by atoms with E-state index < -0.39 is 0 Å². The fourth-order valence-corrected chi connectivity index (χ4v) is 2.97. The molecule has 0 saturated carbocycles. The Morgan fingerprint density at radius 1 is 1.20 bits per heavy atom. The number of hydrogen-bond donors (Lipinski definition) is 1. The highest BCUT2D eigenvalue weighted by atomic mass is 19.1. The summed E-state index contributed by atoms with van der Waals surface area (Å²) in [6.45, 7) is 3.88. The highest BCUT2D eigenvalue weighted by Gasteiger charge is 2.08. The Morgan fingerprint density at radius 3 is 2.60 bits per heavy atom. The summed E-state index contributed by atoms with van der Waals surface area (Å²) in [6, 6.07) is 12.0. The van der Waals surface area contributed by atoms with E-state index in [1.807, 2.05) is 55.0 Å². The summed E-state index contributed by atoms with van der Waals surface area (Å²) in [6.07, 6.45) is 7.43. The summed E-state index contributed by atoms with van der Waals surface area (Å²) in [5, 5.41) is 0. The summed E-state index contributed by atoms with van der Waals surface area (Å²) >= 11 is 0. The number of aliphatic imine (C=N–C) groups is 1. The number of benzene rings is 2. The van der Waals surface area contributed by atoms with Gasteiger partial charge in [0.15, 0.2) is 0 Å². The van der Waals surface area contributed by atoms with Crippen molar-refractivity contribution >= 4 is 11.9 Å². The van der Waals surface area contributed by atoms with Gasteiger partial charge in [-0.2, -0.15) is 0 Å². The summed E-state index contributed by atoms with van der Waals surface area (Å²) in [4.78, 5) is 13.9. The molecule has 1 heterocycles. The molecule has 0 spiro atoms. The van der Waals surface area contributed by atoms with E-state index in [0.29, 0.717) is 5.84 Å². The SMILES string of the molecule is CONC(/C=C/c1ccc(-n2cnc(C)c2)c(OC)c1)=NC(C)c1ccc(F)cc1. The molecule has 0 bridgehead atoms. The summed E-state index contributed by atoms with van der Waals surface area (Å²) in [5.41, 5.74) is 6.46. The molecule has 3 aromatic rings. The van der Waals surface area contributed by atoms with Gasteiger partial charge in [-0.3, -0.25) is 9.83 Å². The second kappa shape index (κ2) is 9.84. The minimum Gasteiger partial charge on any atom is -0.495 e. The second-order valence-corrected chi connectivity index (χ2v) is 6.73. The minimum atomic E-state index is -0.270. The summed E-state index contributed by atoms with van der Waals surface area (Å²) in [5.74, 6) is 1.00. The molecule has 0 aliphatic heterocycles. The number of methoxy groups -OCH3 is 1. The quantitative estimate of drug-likeness (QED) is 0.351. The van der Waals surface area contributed by atoms with Crippen molar-refractivity contribution in [3.63, 3.8) is 0 Å². The molecule has 0 radical (unpaired) electrons. The predicted octanol–water partition coefficient (Wildman–Crippen LogP) is 4.65. The van der Waals surface area contributed by atoms with Crippen LogP contribution in [0.25, 0.3) is 11.8 Å². The van der Waals surface area contributed by atoms with Crippen LogP contribution in [0.15, 0.2) is 66.1 Å². The largest absolute Gasteiger partial charge is 0.495 e. The number of halogens is 1. The van der Waals surface area contributed by atoms with E-state index in [9.17, 15) is 4.39 Å². The Hall–Kier alpha value is -3.45. The average molecular weight is 408 g/mol. The Balaban J connectivity index is 1.82. The monoisotopic (exact) mass is 408 g/mol. The minimum absolute atomic E-state index is 0.172. The van der Waals surface area contributed by atoms with E-state index in [-0.39, 0.29) is 11.9 Å². The molecule has 3 rings (SSSR count). The van der Waals surface area contributed by atoms with Gasteiger partial charge in [-0.25, -0.2) is 14.9 Å². The number of hydroxylamine groups is 1. The van der Waals surface area contributed by atoms with Crippen LogP contribution in [0.1, 0.15) is 29.8 Å². The van der Waals surface area contributed by atoms with Gasteiger partial charge in [-0.05, 0) is 55.3 Å². The van der Waals surface area contributed by atoms with Crippen molar-refractivity contribution in [1.82, 2.24) is 15.0 Å². The van der Waals surface area contributed by atoms with Crippen LogP contribution < -0.4 is 10.2 Å². The van der Waals surface area contributed by atoms with Crippen LogP contribution in [-0.2, 0) is 4.84 Å². The molecule has 1 N–H and O–H groups in total. The van der Waals surface area contributed by atoms with E-state index in [2.05, 4.69) is 15.5 Å². The zero-order valence-corrected chi connectivity index (χ0v) is 17.5. The number of nitrogens with zero attached hydrogens (tertiary/aromatic N) is 3. The summed E-state index contributed by atoms with van der Waals surface area (Å²) < 4.78 is 20.6. The van der Waals surface area contributed by atoms with Crippen molar-refractivity contribution in [3.8, 4) is 11.4 Å². The Morgan fingerprint density at radius 2 is 1.97 bits per heavy atom.